The molecule has 1 aliphatic heterocycles. The molecular weight excluding hydrogens is 370 g/mol. The topological polar surface area (TPSA) is 116 Å². The molecule has 1 aromatic carbocycles. The van der Waals surface area contributed by atoms with Crippen LogP contribution in [0.4, 0.5) is 0 Å². The van der Waals surface area contributed by atoms with Crippen LogP contribution in [0.1, 0.15) is 49.7 Å². The van der Waals surface area contributed by atoms with Crippen molar-refractivity contribution in [2.75, 3.05) is 6.61 Å². The summed E-state index contributed by atoms with van der Waals surface area (Å²) in [6, 6.07) is 7.87. The molecule has 3 aromatic rings. The summed E-state index contributed by atoms with van der Waals surface area (Å²) < 4.78 is 7.17. The number of fused-ring (bicyclic) bond motifs is 1. The van der Waals surface area contributed by atoms with Crippen LogP contribution in [0.15, 0.2) is 29.1 Å². The molecule has 3 N–H and O–H groups in total. The summed E-state index contributed by atoms with van der Waals surface area (Å²) in [4.78, 5) is 36.2. The van der Waals surface area contributed by atoms with E-state index in [0.29, 0.717) is 24.6 Å². The standard InChI is InChI=1S/C21H25N5O3/c1-21(2,3)13-8-6-12(7-9-13)18-23-15(17(22)27)16-19(25-18)26(20(28)24-16)11-14-5-4-10-29-14/h6-9,14H,4-5,10-11H2,1-3H3,(H2,22,27)(H,24,28)/t14-/m0/s1. The van der Waals surface area contributed by atoms with Crippen molar-refractivity contribution in [3.8, 4) is 11.4 Å². The third-order valence-electron chi connectivity index (χ3n) is 5.28. The summed E-state index contributed by atoms with van der Waals surface area (Å²) >= 11 is 0. The number of carbonyl (C=O) groups excluding carboxylic acids is 1. The molecule has 8 nitrogen and oxygen atoms in total. The molecule has 0 aliphatic carbocycles. The Morgan fingerprint density at radius 1 is 1.28 bits per heavy atom. The number of ether oxygens (including phenoxy) is 1. The first-order valence-electron chi connectivity index (χ1n) is 9.77. The molecule has 1 atom stereocenters. The van der Waals surface area contributed by atoms with E-state index in [1.54, 1.807) is 0 Å². The van der Waals surface area contributed by atoms with Crippen LogP contribution in [0, 0.1) is 0 Å². The van der Waals surface area contributed by atoms with E-state index in [9.17, 15) is 9.59 Å². The van der Waals surface area contributed by atoms with Gasteiger partial charge in [0.25, 0.3) is 5.91 Å². The lowest BCUT2D eigenvalue weighted by Gasteiger charge is -2.19. The number of benzene rings is 1. The Morgan fingerprint density at radius 3 is 2.59 bits per heavy atom. The van der Waals surface area contributed by atoms with Gasteiger partial charge >= 0.3 is 5.69 Å². The first-order valence-corrected chi connectivity index (χ1v) is 9.77. The van der Waals surface area contributed by atoms with E-state index in [1.165, 1.54) is 10.1 Å². The predicted octanol–water partition coefficient (Wildman–Crippen LogP) is 2.36. The number of aromatic nitrogens is 4. The molecule has 0 spiro atoms. The zero-order valence-electron chi connectivity index (χ0n) is 16.9. The van der Waals surface area contributed by atoms with Gasteiger partial charge in [0.2, 0.25) is 0 Å². The number of hydrogen-bond acceptors (Lipinski definition) is 5. The maximum absolute atomic E-state index is 12.5. The maximum atomic E-state index is 12.5. The van der Waals surface area contributed by atoms with Crippen molar-refractivity contribution in [3.05, 3.63) is 46.0 Å². The highest BCUT2D eigenvalue weighted by atomic mass is 16.5. The molecule has 1 saturated heterocycles. The number of nitrogens with two attached hydrogens (primary N) is 1. The second-order valence-corrected chi connectivity index (χ2v) is 8.46. The highest BCUT2D eigenvalue weighted by molar-refractivity contribution is 6.01. The summed E-state index contributed by atoms with van der Waals surface area (Å²) in [5.41, 5.74) is 7.77. The van der Waals surface area contributed by atoms with Crippen molar-refractivity contribution < 1.29 is 9.53 Å². The van der Waals surface area contributed by atoms with Gasteiger partial charge in [-0.05, 0) is 23.8 Å². The molecule has 1 fully saturated rings. The van der Waals surface area contributed by atoms with E-state index in [1.807, 2.05) is 24.3 Å². The molecule has 3 heterocycles. The smallest absolute Gasteiger partial charge is 0.327 e. The van der Waals surface area contributed by atoms with Crippen molar-refractivity contribution in [3.63, 3.8) is 0 Å². The molecule has 1 amide bonds. The third-order valence-corrected chi connectivity index (χ3v) is 5.28. The van der Waals surface area contributed by atoms with Gasteiger partial charge in [0.1, 0.15) is 5.52 Å². The van der Waals surface area contributed by atoms with Crippen LogP contribution in [0.2, 0.25) is 0 Å². The second kappa shape index (κ2) is 7.11. The molecular formula is C21H25N5O3. The number of rotatable bonds is 4. The van der Waals surface area contributed by atoms with E-state index >= 15 is 0 Å². The fourth-order valence-corrected chi connectivity index (χ4v) is 3.62. The van der Waals surface area contributed by atoms with Crippen LogP contribution in [-0.2, 0) is 16.7 Å². The fourth-order valence-electron chi connectivity index (χ4n) is 3.62. The van der Waals surface area contributed by atoms with Crippen molar-refractivity contribution in [2.24, 2.45) is 5.73 Å². The molecule has 152 valence electrons. The van der Waals surface area contributed by atoms with Crippen molar-refractivity contribution in [2.45, 2.75) is 51.7 Å². The number of hydrogen-bond donors (Lipinski definition) is 2. The van der Waals surface area contributed by atoms with E-state index < -0.39 is 5.91 Å². The van der Waals surface area contributed by atoms with Gasteiger partial charge in [0, 0.05) is 12.2 Å². The molecule has 0 radical (unpaired) electrons. The number of aromatic amines is 1. The molecule has 0 unspecified atom stereocenters. The Morgan fingerprint density at radius 2 is 2.00 bits per heavy atom. The monoisotopic (exact) mass is 395 g/mol. The molecule has 8 heteroatoms. The number of H-pyrrole nitrogens is 1. The number of amides is 1. The van der Waals surface area contributed by atoms with Gasteiger partial charge in [0.15, 0.2) is 17.2 Å². The zero-order valence-corrected chi connectivity index (χ0v) is 16.9. The van der Waals surface area contributed by atoms with Crippen LogP contribution in [-0.4, -0.2) is 38.1 Å². The Hall–Kier alpha value is -3.00. The number of imidazole rings is 1. The first kappa shape index (κ1) is 19.3. The molecule has 0 bridgehead atoms. The average molecular weight is 395 g/mol. The number of primary amides is 1. The normalized spacial score (nSPS) is 17.1. The molecule has 29 heavy (non-hydrogen) atoms. The van der Waals surface area contributed by atoms with Gasteiger partial charge in [-0.25, -0.2) is 14.8 Å². The molecule has 4 rings (SSSR count). The van der Waals surface area contributed by atoms with E-state index in [-0.39, 0.29) is 28.4 Å². The van der Waals surface area contributed by atoms with Crippen molar-refractivity contribution >= 4 is 17.1 Å². The fraction of sp³-hybridized carbons (Fsp3) is 0.429. The van der Waals surface area contributed by atoms with Crippen LogP contribution in [0.3, 0.4) is 0 Å². The summed E-state index contributed by atoms with van der Waals surface area (Å²) in [6.07, 6.45) is 1.80. The Labute approximate surface area is 168 Å². The second-order valence-electron chi connectivity index (χ2n) is 8.46. The molecule has 1 aliphatic rings. The van der Waals surface area contributed by atoms with Crippen molar-refractivity contribution in [1.29, 1.82) is 0 Å². The number of carbonyl (C=O) groups is 1. The number of nitrogens with one attached hydrogen (secondary N) is 1. The van der Waals surface area contributed by atoms with Gasteiger partial charge < -0.3 is 15.5 Å². The van der Waals surface area contributed by atoms with E-state index in [2.05, 4.69) is 35.7 Å². The predicted molar refractivity (Wildman–Crippen MR) is 110 cm³/mol. The third kappa shape index (κ3) is 3.67. The average Bonchev–Trinajstić information content (AvgIpc) is 3.29. The zero-order chi connectivity index (χ0) is 20.8. The summed E-state index contributed by atoms with van der Waals surface area (Å²) in [5, 5.41) is 0. The van der Waals surface area contributed by atoms with Gasteiger partial charge in [-0.3, -0.25) is 9.36 Å². The minimum absolute atomic E-state index is 0.00749. The lowest BCUT2D eigenvalue weighted by Crippen LogP contribution is -2.24. The van der Waals surface area contributed by atoms with E-state index in [4.69, 9.17) is 10.5 Å². The number of nitrogens with zero attached hydrogens (tertiary/aromatic N) is 3. The largest absolute Gasteiger partial charge is 0.376 e. The summed E-state index contributed by atoms with van der Waals surface area (Å²) in [7, 11) is 0. The van der Waals surface area contributed by atoms with Gasteiger partial charge in [-0.2, -0.15) is 0 Å². The Bertz CT molecular complexity index is 1120. The quantitative estimate of drug-likeness (QED) is 0.703. The summed E-state index contributed by atoms with van der Waals surface area (Å²) in [5.74, 6) is -0.359. The lowest BCUT2D eigenvalue weighted by atomic mass is 9.87. The molecule has 0 saturated carbocycles. The highest BCUT2D eigenvalue weighted by Gasteiger charge is 2.23. The Balaban J connectivity index is 1.84. The van der Waals surface area contributed by atoms with Crippen LogP contribution < -0.4 is 11.4 Å². The first-order chi connectivity index (χ1) is 13.7. The van der Waals surface area contributed by atoms with Crippen LogP contribution in [0.5, 0.6) is 0 Å². The van der Waals surface area contributed by atoms with Crippen LogP contribution in [0.25, 0.3) is 22.6 Å². The van der Waals surface area contributed by atoms with E-state index in [0.717, 1.165) is 18.4 Å². The lowest BCUT2D eigenvalue weighted by molar-refractivity contribution is 0.0970. The highest BCUT2D eigenvalue weighted by Crippen LogP contribution is 2.26. The molecule has 2 aromatic heterocycles. The van der Waals surface area contributed by atoms with Gasteiger partial charge in [0.05, 0.1) is 12.6 Å². The van der Waals surface area contributed by atoms with Crippen LogP contribution >= 0.6 is 0 Å². The van der Waals surface area contributed by atoms with Crippen molar-refractivity contribution in [1.82, 2.24) is 19.5 Å². The minimum Gasteiger partial charge on any atom is -0.376 e. The van der Waals surface area contributed by atoms with Gasteiger partial charge in [-0.15, -0.1) is 0 Å². The Kier molecular flexibility index (Phi) is 4.74. The SMILES string of the molecule is CC(C)(C)c1ccc(-c2nc(C(N)=O)c3[nH]c(=O)n(C[C@@H]4CCCO4)c3n2)cc1. The summed E-state index contributed by atoms with van der Waals surface area (Å²) in [6.45, 7) is 7.48. The van der Waals surface area contributed by atoms with Gasteiger partial charge in [-0.1, -0.05) is 45.0 Å². The maximum Gasteiger partial charge on any atom is 0.327 e. The minimum atomic E-state index is -0.713.